The van der Waals surface area contributed by atoms with Gasteiger partial charge in [-0.3, -0.25) is 23.9 Å². The Balaban J connectivity index is 1.15. The number of rotatable bonds is 8. The highest BCUT2D eigenvalue weighted by molar-refractivity contribution is 5.80. The summed E-state index contributed by atoms with van der Waals surface area (Å²) in [5.41, 5.74) is 1.45. The van der Waals surface area contributed by atoms with E-state index in [0.29, 0.717) is 22.6 Å². The number of benzene rings is 2. The number of hydrogen-bond donors (Lipinski definition) is 2. The first-order chi connectivity index (χ1) is 22.7. The molecular formula is C33H32N2O12. The van der Waals surface area contributed by atoms with Crippen molar-refractivity contribution < 1.29 is 47.9 Å². The zero-order valence-electron chi connectivity index (χ0n) is 25.7. The number of aromatic nitrogens is 2. The number of hydrogen-bond acceptors (Lipinski definition) is 12. The minimum Gasteiger partial charge on any atom is -0.502 e. The predicted octanol–water partition coefficient (Wildman–Crippen LogP) is 2.40. The molecule has 1 aliphatic carbocycles. The van der Waals surface area contributed by atoms with E-state index >= 15 is 0 Å². The molecule has 0 bridgehead atoms. The van der Waals surface area contributed by atoms with Crippen molar-refractivity contribution in [3.63, 3.8) is 0 Å². The average molecular weight is 649 g/mol. The van der Waals surface area contributed by atoms with Crippen LogP contribution in [0.1, 0.15) is 46.7 Å². The van der Waals surface area contributed by atoms with Crippen LogP contribution >= 0.6 is 0 Å². The van der Waals surface area contributed by atoms with Gasteiger partial charge in [0.2, 0.25) is 12.5 Å². The number of aryl methyl sites for hydroxylation is 1. The van der Waals surface area contributed by atoms with Crippen LogP contribution in [0.2, 0.25) is 0 Å². The molecule has 0 saturated carbocycles. The van der Waals surface area contributed by atoms with E-state index in [1.807, 2.05) is 12.1 Å². The highest BCUT2D eigenvalue weighted by Crippen LogP contribution is 2.57. The third-order valence-corrected chi connectivity index (χ3v) is 9.22. The third kappa shape index (κ3) is 5.27. The van der Waals surface area contributed by atoms with E-state index in [1.165, 1.54) is 25.0 Å². The topological polar surface area (TPSA) is 174 Å². The minimum atomic E-state index is -0.771. The summed E-state index contributed by atoms with van der Waals surface area (Å²) >= 11 is 0. The van der Waals surface area contributed by atoms with Gasteiger partial charge in [-0.2, -0.15) is 0 Å². The Morgan fingerprint density at radius 3 is 2.40 bits per heavy atom. The lowest BCUT2D eigenvalue weighted by Crippen LogP contribution is -2.36. The molecule has 3 aliphatic heterocycles. The first-order valence-corrected chi connectivity index (χ1v) is 15.0. The molecule has 246 valence electrons. The maximum atomic E-state index is 13.4. The Morgan fingerprint density at radius 2 is 1.70 bits per heavy atom. The fraction of sp³-hybridized carbons (Fsp3) is 0.394. The van der Waals surface area contributed by atoms with Crippen LogP contribution in [0.5, 0.6) is 28.7 Å². The molecule has 0 spiro atoms. The standard InChI is InChI=1S/C33H32N2O12/c1-15-11-35(33(40)34-31(15)38)26-5-4-17(47-26)12-43-27(36)10-19-18-8-22-23(46-14-45-22)9-20(18)28(29-21(19)13-44-32(29)39)16-6-24(41-2)30(37)25(7-16)42-3/h4-9,11,17,19,21,26,28-29,37H,10,12-14H2,1-3H3,(H,34,38,40)/t17-,19-,21+,26+,28+,29-/m0/s1. The lowest BCUT2D eigenvalue weighted by molar-refractivity contribution is -0.149. The molecule has 2 N–H and O–H groups in total. The van der Waals surface area contributed by atoms with Gasteiger partial charge in [-0.05, 0) is 54.0 Å². The highest BCUT2D eigenvalue weighted by Gasteiger charge is 2.53. The fourth-order valence-corrected chi connectivity index (χ4v) is 6.96. The molecule has 1 aromatic heterocycles. The largest absolute Gasteiger partial charge is 0.502 e. The van der Waals surface area contributed by atoms with E-state index in [0.717, 1.165) is 11.1 Å². The number of ether oxygens (including phenoxy) is 7. The fourth-order valence-electron chi connectivity index (χ4n) is 6.96. The van der Waals surface area contributed by atoms with Crippen molar-refractivity contribution in [2.75, 3.05) is 34.2 Å². The van der Waals surface area contributed by atoms with Crippen molar-refractivity contribution in [1.29, 1.82) is 0 Å². The van der Waals surface area contributed by atoms with Gasteiger partial charge >= 0.3 is 17.6 Å². The molecule has 0 radical (unpaired) electrons. The Hall–Kier alpha value is -5.24. The number of aromatic amines is 1. The van der Waals surface area contributed by atoms with Crippen molar-refractivity contribution in [2.45, 2.75) is 37.5 Å². The van der Waals surface area contributed by atoms with Crippen LogP contribution < -0.4 is 30.2 Å². The summed E-state index contributed by atoms with van der Waals surface area (Å²) in [5, 5.41) is 10.6. The zero-order valence-corrected chi connectivity index (χ0v) is 25.7. The van der Waals surface area contributed by atoms with Gasteiger partial charge in [-0.1, -0.05) is 6.08 Å². The smallest absolute Gasteiger partial charge is 0.330 e. The monoisotopic (exact) mass is 648 g/mol. The Bertz CT molecular complexity index is 1890. The molecule has 7 rings (SSSR count). The van der Waals surface area contributed by atoms with E-state index < -0.39 is 53.3 Å². The molecule has 4 heterocycles. The van der Waals surface area contributed by atoms with Crippen LogP contribution in [0, 0.1) is 18.8 Å². The van der Waals surface area contributed by atoms with Crippen molar-refractivity contribution in [1.82, 2.24) is 9.55 Å². The van der Waals surface area contributed by atoms with Gasteiger partial charge in [0.05, 0.1) is 33.2 Å². The number of methoxy groups -OCH3 is 2. The van der Waals surface area contributed by atoms with Crippen LogP contribution in [0.3, 0.4) is 0 Å². The summed E-state index contributed by atoms with van der Waals surface area (Å²) in [6, 6.07) is 7.00. The van der Waals surface area contributed by atoms with E-state index in [-0.39, 0.29) is 49.6 Å². The SMILES string of the molecule is COc1cc([C@@H]2c3cc4c(cc3[C@H](CC(=O)OC[C@@H]3C=C[C@H](n5cc(C)c(=O)[nH]c5=O)O3)[C@H]3COC(=O)[C@H]23)OCO4)cc(OC)c1O. The molecule has 6 atom stereocenters. The number of carbonyl (C=O) groups excluding carboxylic acids is 2. The molecule has 3 aromatic rings. The van der Waals surface area contributed by atoms with Gasteiger partial charge in [0, 0.05) is 29.5 Å². The van der Waals surface area contributed by atoms with E-state index in [1.54, 1.807) is 31.2 Å². The van der Waals surface area contributed by atoms with E-state index in [9.17, 15) is 24.3 Å². The van der Waals surface area contributed by atoms with Crippen molar-refractivity contribution in [3.8, 4) is 28.7 Å². The van der Waals surface area contributed by atoms with E-state index in [4.69, 9.17) is 33.2 Å². The minimum absolute atomic E-state index is 0.0337. The first-order valence-electron chi connectivity index (χ1n) is 15.0. The summed E-state index contributed by atoms with van der Waals surface area (Å²) in [4.78, 5) is 53.0. The number of cyclic esters (lactones) is 1. The number of nitrogens with zero attached hydrogens (tertiary/aromatic N) is 1. The molecule has 14 heteroatoms. The second-order valence-electron chi connectivity index (χ2n) is 11.8. The normalized spacial score (nSPS) is 25.2. The molecule has 47 heavy (non-hydrogen) atoms. The maximum Gasteiger partial charge on any atom is 0.330 e. The third-order valence-electron chi connectivity index (χ3n) is 9.22. The van der Waals surface area contributed by atoms with Crippen molar-refractivity contribution in [3.05, 3.63) is 85.7 Å². The van der Waals surface area contributed by atoms with Gasteiger partial charge in [0.25, 0.3) is 5.56 Å². The summed E-state index contributed by atoms with van der Waals surface area (Å²) in [6.07, 6.45) is 3.30. The number of phenols is 1. The number of H-pyrrole nitrogens is 1. The average Bonchev–Trinajstić information content (AvgIpc) is 3.81. The summed E-state index contributed by atoms with van der Waals surface area (Å²) in [6.45, 7) is 1.61. The van der Waals surface area contributed by atoms with Crippen LogP contribution in [0.15, 0.2) is 52.2 Å². The number of carbonyl (C=O) groups is 2. The second kappa shape index (κ2) is 11.8. The van der Waals surface area contributed by atoms with E-state index in [2.05, 4.69) is 4.98 Å². The van der Waals surface area contributed by atoms with Crippen LogP contribution in [0.4, 0.5) is 0 Å². The number of aromatic hydroxyl groups is 1. The lowest BCUT2D eigenvalue weighted by Gasteiger charge is -2.39. The first kappa shape index (κ1) is 30.4. The molecule has 0 unspecified atom stereocenters. The molecule has 1 saturated heterocycles. The number of nitrogens with one attached hydrogen (secondary N) is 1. The molecular weight excluding hydrogens is 616 g/mol. The van der Waals surface area contributed by atoms with Gasteiger partial charge in [-0.15, -0.1) is 0 Å². The molecule has 14 nitrogen and oxygen atoms in total. The lowest BCUT2D eigenvalue weighted by atomic mass is 9.62. The highest BCUT2D eigenvalue weighted by atomic mass is 16.7. The molecule has 2 aromatic carbocycles. The van der Waals surface area contributed by atoms with Crippen LogP contribution in [-0.4, -0.2) is 66.9 Å². The van der Waals surface area contributed by atoms with Crippen molar-refractivity contribution >= 4 is 11.9 Å². The van der Waals surface area contributed by atoms with Crippen LogP contribution in [-0.2, 0) is 23.8 Å². The predicted molar refractivity (Wildman–Crippen MR) is 161 cm³/mol. The quantitative estimate of drug-likeness (QED) is 0.270. The number of esters is 2. The Kier molecular flexibility index (Phi) is 7.66. The van der Waals surface area contributed by atoms with Gasteiger partial charge in [0.15, 0.2) is 29.2 Å². The Labute approximate surface area is 267 Å². The number of phenolic OH excluding ortho intramolecular Hbond substituents is 1. The van der Waals surface area contributed by atoms with Crippen LogP contribution in [0.25, 0.3) is 0 Å². The summed E-state index contributed by atoms with van der Waals surface area (Å²) < 4.78 is 40.6. The van der Waals surface area contributed by atoms with Gasteiger partial charge < -0.3 is 38.3 Å². The van der Waals surface area contributed by atoms with Gasteiger partial charge in [0.1, 0.15) is 12.7 Å². The zero-order chi connectivity index (χ0) is 33.0. The van der Waals surface area contributed by atoms with Gasteiger partial charge in [-0.25, -0.2) is 4.79 Å². The number of fused-ring (bicyclic) bond motifs is 3. The molecule has 1 fully saturated rings. The summed E-state index contributed by atoms with van der Waals surface area (Å²) in [5.74, 6) is -1.75. The molecule has 0 amide bonds. The molecule has 4 aliphatic rings. The maximum absolute atomic E-state index is 13.4. The second-order valence-corrected chi connectivity index (χ2v) is 11.8. The Morgan fingerprint density at radius 1 is 1.00 bits per heavy atom. The summed E-state index contributed by atoms with van der Waals surface area (Å²) in [7, 11) is 2.85. The van der Waals surface area contributed by atoms with Crippen molar-refractivity contribution in [2.24, 2.45) is 11.8 Å².